The van der Waals surface area contributed by atoms with E-state index in [1.807, 2.05) is 0 Å². The predicted octanol–water partition coefficient (Wildman–Crippen LogP) is 1.47. The van der Waals surface area contributed by atoms with Crippen LogP contribution in [0, 0.1) is 5.92 Å². The molecular formula is C13H23NO5. The summed E-state index contributed by atoms with van der Waals surface area (Å²) in [6, 6.07) is 0. The highest BCUT2D eigenvalue weighted by molar-refractivity contribution is 5.68. The summed E-state index contributed by atoms with van der Waals surface area (Å²) in [6.45, 7) is 6.08. The summed E-state index contributed by atoms with van der Waals surface area (Å²) in [6.07, 6.45) is -0.00981. The van der Waals surface area contributed by atoms with Crippen LogP contribution in [0.2, 0.25) is 0 Å². The quantitative estimate of drug-likeness (QED) is 0.813. The van der Waals surface area contributed by atoms with Crippen LogP contribution in [0.1, 0.15) is 40.0 Å². The molecule has 2 atom stereocenters. The number of aliphatic carboxylic acids is 1. The Morgan fingerprint density at radius 2 is 2.00 bits per heavy atom. The van der Waals surface area contributed by atoms with Gasteiger partial charge < -0.3 is 19.8 Å². The molecule has 6 nitrogen and oxygen atoms in total. The summed E-state index contributed by atoms with van der Waals surface area (Å²) in [5, 5.41) is 18.6. The Morgan fingerprint density at radius 1 is 1.37 bits per heavy atom. The number of β-amino-alcohol motifs (C(OH)–C–C–N with tert-alkyl or cyclic N) is 1. The lowest BCUT2D eigenvalue weighted by Gasteiger charge is -2.36. The highest BCUT2D eigenvalue weighted by atomic mass is 16.6. The monoisotopic (exact) mass is 273 g/mol. The van der Waals surface area contributed by atoms with Crippen LogP contribution in [0.15, 0.2) is 0 Å². The lowest BCUT2D eigenvalue weighted by Crippen LogP contribution is -2.48. The normalized spacial score (nSPS) is 24.1. The first-order valence-corrected chi connectivity index (χ1v) is 6.57. The fourth-order valence-corrected chi connectivity index (χ4v) is 2.12. The lowest BCUT2D eigenvalue weighted by atomic mass is 9.90. The molecule has 6 heteroatoms. The van der Waals surface area contributed by atoms with Crippen molar-refractivity contribution in [1.82, 2.24) is 4.90 Å². The van der Waals surface area contributed by atoms with Crippen LogP contribution in [-0.2, 0) is 9.53 Å². The molecular weight excluding hydrogens is 250 g/mol. The summed E-state index contributed by atoms with van der Waals surface area (Å²) >= 11 is 0. The highest BCUT2D eigenvalue weighted by Gasteiger charge is 2.32. The van der Waals surface area contributed by atoms with Crippen LogP contribution in [-0.4, -0.2) is 52.0 Å². The second-order valence-electron chi connectivity index (χ2n) is 5.97. The van der Waals surface area contributed by atoms with Gasteiger partial charge in [-0.1, -0.05) is 0 Å². The Labute approximate surface area is 113 Å². The van der Waals surface area contributed by atoms with E-state index < -0.39 is 23.8 Å². The number of carboxylic acid groups (broad SMARTS) is 1. The molecule has 1 saturated heterocycles. The Bertz CT molecular complexity index is 336. The lowest BCUT2D eigenvalue weighted by molar-refractivity contribution is -0.137. The Kier molecular flexibility index (Phi) is 5.17. The summed E-state index contributed by atoms with van der Waals surface area (Å²) in [5.41, 5.74) is -0.553. The van der Waals surface area contributed by atoms with Crippen molar-refractivity contribution in [1.29, 1.82) is 0 Å². The molecule has 110 valence electrons. The molecule has 1 rings (SSSR count). The maximum atomic E-state index is 11.8. The highest BCUT2D eigenvalue weighted by Crippen LogP contribution is 2.23. The van der Waals surface area contributed by atoms with E-state index >= 15 is 0 Å². The molecule has 0 aromatic carbocycles. The zero-order chi connectivity index (χ0) is 14.6. The van der Waals surface area contributed by atoms with Crippen LogP contribution < -0.4 is 0 Å². The molecule has 0 bridgehead atoms. The molecule has 0 unspecified atom stereocenters. The van der Waals surface area contributed by atoms with Gasteiger partial charge in [-0.2, -0.15) is 0 Å². The Morgan fingerprint density at radius 3 is 2.47 bits per heavy atom. The number of rotatable bonds is 3. The second-order valence-corrected chi connectivity index (χ2v) is 5.97. The molecule has 1 aliphatic heterocycles. The average Bonchev–Trinajstić information content (AvgIpc) is 2.24. The van der Waals surface area contributed by atoms with Crippen LogP contribution in [0.4, 0.5) is 4.79 Å². The summed E-state index contributed by atoms with van der Waals surface area (Å²) < 4.78 is 5.24. The van der Waals surface area contributed by atoms with E-state index in [0.717, 1.165) is 0 Å². The van der Waals surface area contributed by atoms with Crippen molar-refractivity contribution >= 4 is 12.1 Å². The minimum Gasteiger partial charge on any atom is -0.481 e. The van der Waals surface area contributed by atoms with Gasteiger partial charge in [-0.15, -0.1) is 0 Å². The van der Waals surface area contributed by atoms with Gasteiger partial charge in [0.1, 0.15) is 5.60 Å². The molecule has 2 N–H and O–H groups in total. The van der Waals surface area contributed by atoms with E-state index in [-0.39, 0.29) is 18.9 Å². The van der Waals surface area contributed by atoms with Crippen molar-refractivity contribution in [2.45, 2.75) is 51.7 Å². The van der Waals surface area contributed by atoms with Crippen LogP contribution in [0.3, 0.4) is 0 Å². The number of hydrogen-bond acceptors (Lipinski definition) is 4. The van der Waals surface area contributed by atoms with Crippen molar-refractivity contribution in [3.63, 3.8) is 0 Å². The Balaban J connectivity index is 2.44. The number of nitrogens with zero attached hydrogens (tertiary/aromatic N) is 1. The number of likely N-dealkylation sites (tertiary alicyclic amines) is 1. The summed E-state index contributed by atoms with van der Waals surface area (Å²) in [5.74, 6) is -0.920. The first-order valence-electron chi connectivity index (χ1n) is 6.57. The molecule has 0 aromatic heterocycles. The van der Waals surface area contributed by atoms with Gasteiger partial charge in [-0.3, -0.25) is 4.79 Å². The minimum atomic E-state index is -0.859. The number of hydrogen-bond donors (Lipinski definition) is 2. The van der Waals surface area contributed by atoms with Gasteiger partial charge in [0.2, 0.25) is 0 Å². The zero-order valence-electron chi connectivity index (χ0n) is 11.8. The molecule has 19 heavy (non-hydrogen) atoms. The summed E-state index contributed by atoms with van der Waals surface area (Å²) in [7, 11) is 0. The van der Waals surface area contributed by atoms with Crippen LogP contribution >= 0.6 is 0 Å². The van der Waals surface area contributed by atoms with Gasteiger partial charge in [0.05, 0.1) is 12.6 Å². The number of aliphatic hydroxyl groups is 1. The van der Waals surface area contributed by atoms with Crippen molar-refractivity contribution in [2.75, 3.05) is 13.1 Å². The third kappa shape index (κ3) is 5.46. The molecule has 0 saturated carbocycles. The van der Waals surface area contributed by atoms with Crippen molar-refractivity contribution < 1.29 is 24.5 Å². The molecule has 1 fully saturated rings. The SMILES string of the molecule is CC(C)(C)OC(=O)N1CC[C@H](CCC(=O)O)[C@@H](O)C1. The smallest absolute Gasteiger partial charge is 0.410 e. The number of amides is 1. The van der Waals surface area contributed by atoms with Gasteiger partial charge in [0.25, 0.3) is 0 Å². The third-order valence-corrected chi connectivity index (χ3v) is 3.10. The zero-order valence-corrected chi connectivity index (χ0v) is 11.8. The van der Waals surface area contributed by atoms with Crippen molar-refractivity contribution in [3.05, 3.63) is 0 Å². The molecule has 1 heterocycles. The molecule has 0 aromatic rings. The van der Waals surface area contributed by atoms with Crippen molar-refractivity contribution in [3.8, 4) is 0 Å². The fraction of sp³-hybridized carbons (Fsp3) is 0.846. The van der Waals surface area contributed by atoms with E-state index in [1.54, 1.807) is 20.8 Å². The molecule has 0 spiro atoms. The largest absolute Gasteiger partial charge is 0.481 e. The third-order valence-electron chi connectivity index (χ3n) is 3.10. The van der Waals surface area contributed by atoms with Gasteiger partial charge in [-0.25, -0.2) is 4.79 Å². The topological polar surface area (TPSA) is 87.1 Å². The standard InChI is InChI=1S/C13H23NO5/c1-13(2,3)19-12(18)14-7-6-9(10(15)8-14)4-5-11(16)17/h9-10,15H,4-8H2,1-3H3,(H,16,17)/t9-,10-/m0/s1. The van der Waals surface area contributed by atoms with Gasteiger partial charge >= 0.3 is 12.1 Å². The molecule has 0 aliphatic carbocycles. The average molecular weight is 273 g/mol. The molecule has 0 radical (unpaired) electrons. The van der Waals surface area contributed by atoms with E-state index in [2.05, 4.69) is 0 Å². The van der Waals surface area contributed by atoms with Crippen molar-refractivity contribution in [2.24, 2.45) is 5.92 Å². The number of carbonyl (C=O) groups is 2. The maximum absolute atomic E-state index is 11.8. The first-order chi connectivity index (χ1) is 8.69. The number of ether oxygens (including phenoxy) is 1. The maximum Gasteiger partial charge on any atom is 0.410 e. The summed E-state index contributed by atoms with van der Waals surface area (Å²) in [4.78, 5) is 23.8. The number of carboxylic acids is 1. The predicted molar refractivity (Wildman–Crippen MR) is 68.8 cm³/mol. The second kappa shape index (κ2) is 6.23. The first kappa shape index (κ1) is 15.8. The minimum absolute atomic E-state index is 0.0498. The van der Waals surface area contributed by atoms with Crippen LogP contribution in [0.5, 0.6) is 0 Å². The van der Waals surface area contributed by atoms with E-state index in [1.165, 1.54) is 4.90 Å². The fourth-order valence-electron chi connectivity index (χ4n) is 2.12. The number of aliphatic hydroxyl groups excluding tert-OH is 1. The van der Waals surface area contributed by atoms with E-state index in [4.69, 9.17) is 9.84 Å². The van der Waals surface area contributed by atoms with E-state index in [0.29, 0.717) is 19.4 Å². The Hall–Kier alpha value is -1.30. The van der Waals surface area contributed by atoms with Gasteiger partial charge in [0, 0.05) is 13.0 Å². The molecule has 1 aliphatic rings. The van der Waals surface area contributed by atoms with Gasteiger partial charge in [-0.05, 0) is 39.5 Å². The van der Waals surface area contributed by atoms with Gasteiger partial charge in [0.15, 0.2) is 0 Å². The number of piperidine rings is 1. The number of carbonyl (C=O) groups excluding carboxylic acids is 1. The van der Waals surface area contributed by atoms with E-state index in [9.17, 15) is 14.7 Å². The van der Waals surface area contributed by atoms with Crippen LogP contribution in [0.25, 0.3) is 0 Å². The molecule has 1 amide bonds.